The van der Waals surface area contributed by atoms with Gasteiger partial charge in [-0.3, -0.25) is 4.79 Å². The average Bonchev–Trinajstić information content (AvgIpc) is 2.40. The zero-order valence-corrected chi connectivity index (χ0v) is 14.5. The molecule has 2 aromatic carbocycles. The molecule has 0 aliphatic heterocycles. The van der Waals surface area contributed by atoms with Gasteiger partial charge < -0.3 is 9.84 Å². The number of carbonyl (C=O) groups is 1. The Bertz CT molecular complexity index is 593. The van der Waals surface area contributed by atoms with Crippen LogP contribution in [0.5, 0.6) is 5.75 Å². The number of fused-ring (bicyclic) bond motifs is 1. The van der Waals surface area contributed by atoms with Crippen LogP contribution in [0.1, 0.15) is 12.5 Å². The number of ether oxygens (including phenoxy) is 1. The van der Waals surface area contributed by atoms with E-state index in [1.807, 2.05) is 12.1 Å². The maximum Gasteiger partial charge on any atom is 0.300 e. The molecule has 0 fully saturated rings. The standard InChI is InChI=1S/C13H12Br2O.C2H4O2/c1-16-12-6-5-11(15)10-4-2-3-9(7-8-14)13(10)12;1-2(3)4/h2-6H,7-8H2,1H3;1H3,(H,3,4). The van der Waals surface area contributed by atoms with Gasteiger partial charge in [0.2, 0.25) is 0 Å². The second kappa shape index (κ2) is 8.27. The summed E-state index contributed by atoms with van der Waals surface area (Å²) in [6, 6.07) is 10.4. The third kappa shape index (κ3) is 4.49. The van der Waals surface area contributed by atoms with Crippen molar-refractivity contribution in [3.63, 3.8) is 0 Å². The lowest BCUT2D eigenvalue weighted by Gasteiger charge is -2.11. The molecule has 0 atom stereocenters. The Kier molecular flexibility index (Phi) is 7.02. The summed E-state index contributed by atoms with van der Waals surface area (Å²) in [4.78, 5) is 9.00. The molecule has 0 radical (unpaired) electrons. The van der Waals surface area contributed by atoms with E-state index in [1.54, 1.807) is 7.11 Å². The highest BCUT2D eigenvalue weighted by Crippen LogP contribution is 2.34. The number of hydrogen-bond donors (Lipinski definition) is 1. The second-order valence-corrected chi connectivity index (χ2v) is 5.69. The SMILES string of the molecule is CC(=O)O.COc1ccc(Br)c2cccc(CCBr)c12. The van der Waals surface area contributed by atoms with Crippen molar-refractivity contribution in [2.45, 2.75) is 13.3 Å². The van der Waals surface area contributed by atoms with Gasteiger partial charge in [0, 0.05) is 22.1 Å². The number of alkyl halides is 1. The van der Waals surface area contributed by atoms with Crippen molar-refractivity contribution >= 4 is 48.6 Å². The van der Waals surface area contributed by atoms with E-state index >= 15 is 0 Å². The van der Waals surface area contributed by atoms with Gasteiger partial charge >= 0.3 is 0 Å². The van der Waals surface area contributed by atoms with Crippen LogP contribution in [0.2, 0.25) is 0 Å². The van der Waals surface area contributed by atoms with E-state index in [9.17, 15) is 0 Å². The highest BCUT2D eigenvalue weighted by atomic mass is 79.9. The smallest absolute Gasteiger partial charge is 0.300 e. The summed E-state index contributed by atoms with van der Waals surface area (Å²) in [5.74, 6) is 0.106. The van der Waals surface area contributed by atoms with Crippen LogP contribution < -0.4 is 4.74 Å². The molecule has 0 aliphatic carbocycles. The van der Waals surface area contributed by atoms with E-state index in [0.29, 0.717) is 0 Å². The summed E-state index contributed by atoms with van der Waals surface area (Å²) in [6.45, 7) is 1.08. The van der Waals surface area contributed by atoms with E-state index in [1.165, 1.54) is 16.3 Å². The first-order valence-corrected chi connectivity index (χ1v) is 7.92. The first kappa shape index (κ1) is 17.0. The van der Waals surface area contributed by atoms with Crippen LogP contribution in [0, 0.1) is 0 Å². The summed E-state index contributed by atoms with van der Waals surface area (Å²) in [7, 11) is 1.72. The monoisotopic (exact) mass is 402 g/mol. The predicted molar refractivity (Wildman–Crippen MR) is 89.0 cm³/mol. The molecule has 0 aliphatic rings. The number of carboxylic acids is 1. The number of aliphatic carboxylic acids is 1. The number of aryl methyl sites for hydroxylation is 1. The molecule has 0 heterocycles. The molecule has 2 aromatic rings. The lowest BCUT2D eigenvalue weighted by molar-refractivity contribution is -0.134. The second-order valence-electron chi connectivity index (χ2n) is 4.05. The number of methoxy groups -OCH3 is 1. The maximum atomic E-state index is 9.00. The Morgan fingerprint density at radius 2 is 1.95 bits per heavy atom. The van der Waals surface area contributed by atoms with Crippen molar-refractivity contribution in [2.24, 2.45) is 0 Å². The van der Waals surface area contributed by atoms with Gasteiger partial charge in [-0.15, -0.1) is 0 Å². The van der Waals surface area contributed by atoms with E-state index in [-0.39, 0.29) is 0 Å². The molecule has 0 unspecified atom stereocenters. The zero-order chi connectivity index (χ0) is 15.1. The maximum absolute atomic E-state index is 9.00. The fourth-order valence-corrected chi connectivity index (χ4v) is 2.78. The van der Waals surface area contributed by atoms with E-state index in [4.69, 9.17) is 14.6 Å². The van der Waals surface area contributed by atoms with Crippen molar-refractivity contribution < 1.29 is 14.6 Å². The third-order valence-electron chi connectivity index (χ3n) is 2.62. The van der Waals surface area contributed by atoms with E-state index in [0.717, 1.165) is 28.9 Å². The molecule has 2 rings (SSSR count). The zero-order valence-electron chi connectivity index (χ0n) is 11.3. The van der Waals surface area contributed by atoms with Gasteiger partial charge in [-0.1, -0.05) is 50.1 Å². The normalized spacial score (nSPS) is 9.80. The molecule has 1 N–H and O–H groups in total. The molecule has 3 nitrogen and oxygen atoms in total. The Hall–Kier alpha value is -1.07. The predicted octanol–water partition coefficient (Wildman–Crippen LogP) is 4.64. The molecule has 5 heteroatoms. The Balaban J connectivity index is 0.000000444. The number of carboxylic acid groups (broad SMARTS) is 1. The quantitative estimate of drug-likeness (QED) is 0.759. The average molecular weight is 404 g/mol. The van der Waals surface area contributed by atoms with Crippen LogP contribution >= 0.6 is 31.9 Å². The summed E-state index contributed by atoms with van der Waals surface area (Å²) >= 11 is 7.06. The molecule has 0 saturated carbocycles. The molecular weight excluding hydrogens is 388 g/mol. The van der Waals surface area contributed by atoms with Crippen molar-refractivity contribution in [3.05, 3.63) is 40.4 Å². The van der Waals surface area contributed by atoms with E-state index < -0.39 is 5.97 Å². The Morgan fingerprint density at radius 1 is 1.30 bits per heavy atom. The molecule has 20 heavy (non-hydrogen) atoms. The molecule has 0 spiro atoms. The number of benzene rings is 2. The van der Waals surface area contributed by atoms with Crippen molar-refractivity contribution in [1.82, 2.24) is 0 Å². The fourth-order valence-electron chi connectivity index (χ4n) is 1.89. The van der Waals surface area contributed by atoms with Gasteiger partial charge in [-0.05, 0) is 29.5 Å². The lowest BCUT2D eigenvalue weighted by Crippen LogP contribution is -1.92. The number of rotatable bonds is 3. The van der Waals surface area contributed by atoms with Crippen LogP contribution in [0.15, 0.2) is 34.8 Å². The van der Waals surface area contributed by atoms with Crippen molar-refractivity contribution in [1.29, 1.82) is 0 Å². The van der Waals surface area contributed by atoms with Crippen LogP contribution in [0.3, 0.4) is 0 Å². The minimum Gasteiger partial charge on any atom is -0.496 e. The van der Waals surface area contributed by atoms with Crippen LogP contribution in [-0.4, -0.2) is 23.5 Å². The molecule has 108 valence electrons. The van der Waals surface area contributed by atoms with Crippen LogP contribution in [0.4, 0.5) is 0 Å². The largest absolute Gasteiger partial charge is 0.496 e. The van der Waals surface area contributed by atoms with Crippen LogP contribution in [-0.2, 0) is 11.2 Å². The number of halogens is 2. The van der Waals surface area contributed by atoms with Gasteiger partial charge in [0.05, 0.1) is 7.11 Å². The van der Waals surface area contributed by atoms with Gasteiger partial charge in [0.25, 0.3) is 5.97 Å². The highest BCUT2D eigenvalue weighted by Gasteiger charge is 2.08. The Morgan fingerprint density at radius 3 is 2.50 bits per heavy atom. The van der Waals surface area contributed by atoms with Crippen LogP contribution in [0.25, 0.3) is 10.8 Å². The summed E-state index contributed by atoms with van der Waals surface area (Å²) in [5, 5.41) is 10.8. The van der Waals surface area contributed by atoms with Gasteiger partial charge in [0.15, 0.2) is 0 Å². The minimum atomic E-state index is -0.833. The molecular formula is C15H16Br2O3. The molecule has 0 amide bonds. The molecule has 0 saturated heterocycles. The van der Waals surface area contributed by atoms with E-state index in [2.05, 4.69) is 50.1 Å². The number of hydrogen-bond acceptors (Lipinski definition) is 2. The molecule has 0 bridgehead atoms. The minimum absolute atomic E-state index is 0.833. The van der Waals surface area contributed by atoms with Crippen molar-refractivity contribution in [3.8, 4) is 5.75 Å². The summed E-state index contributed by atoms with van der Waals surface area (Å²) < 4.78 is 6.54. The Labute approximate surface area is 135 Å². The lowest BCUT2D eigenvalue weighted by atomic mass is 10.0. The summed E-state index contributed by atoms with van der Waals surface area (Å²) in [5.41, 5.74) is 1.31. The molecule has 0 aromatic heterocycles. The highest BCUT2D eigenvalue weighted by molar-refractivity contribution is 9.10. The topological polar surface area (TPSA) is 46.5 Å². The van der Waals surface area contributed by atoms with Gasteiger partial charge in [-0.2, -0.15) is 0 Å². The first-order chi connectivity index (χ1) is 9.51. The van der Waals surface area contributed by atoms with Gasteiger partial charge in [-0.25, -0.2) is 0 Å². The summed E-state index contributed by atoms with van der Waals surface area (Å²) in [6.07, 6.45) is 1.00. The first-order valence-electron chi connectivity index (χ1n) is 6.00. The van der Waals surface area contributed by atoms with Gasteiger partial charge in [0.1, 0.15) is 5.75 Å². The van der Waals surface area contributed by atoms with Crippen molar-refractivity contribution in [2.75, 3.05) is 12.4 Å². The fraction of sp³-hybridized carbons (Fsp3) is 0.267. The third-order valence-corrected chi connectivity index (χ3v) is 3.71.